The molecule has 0 aliphatic heterocycles. The third-order valence-electron chi connectivity index (χ3n) is 2.38. The van der Waals surface area contributed by atoms with Crippen LogP contribution in [0.2, 0.25) is 10.0 Å². The van der Waals surface area contributed by atoms with E-state index < -0.39 is 5.97 Å². The van der Waals surface area contributed by atoms with Crippen molar-refractivity contribution in [2.45, 2.75) is 6.92 Å². The average Bonchev–Trinajstić information content (AvgIpc) is 2.32. The Morgan fingerprint density at radius 1 is 1.06 bits per heavy atom. The first-order valence-corrected chi connectivity index (χ1v) is 6.06. The number of rotatable bonds is 2. The van der Waals surface area contributed by atoms with E-state index in [0.717, 1.165) is 5.56 Å². The second-order valence-electron chi connectivity index (χ2n) is 3.83. The van der Waals surface area contributed by atoms with E-state index in [1.807, 2.05) is 19.1 Å². The lowest BCUT2D eigenvalue weighted by atomic mass is 10.2. The highest BCUT2D eigenvalue weighted by atomic mass is 35.5. The van der Waals surface area contributed by atoms with Crippen LogP contribution >= 0.6 is 23.2 Å². The fraction of sp³-hybridized carbons (Fsp3) is 0.0714. The molecule has 0 heterocycles. The van der Waals surface area contributed by atoms with Crippen molar-refractivity contribution in [3.63, 3.8) is 0 Å². The fourth-order valence-electron chi connectivity index (χ4n) is 1.42. The lowest BCUT2D eigenvalue weighted by molar-refractivity contribution is 0.0735. The first-order chi connectivity index (χ1) is 8.56. The van der Waals surface area contributed by atoms with Crippen LogP contribution in [0.15, 0.2) is 42.5 Å². The number of esters is 1. The first-order valence-electron chi connectivity index (χ1n) is 5.30. The summed E-state index contributed by atoms with van der Waals surface area (Å²) in [5.74, 6) is -0.0165. The molecule has 0 N–H and O–H groups in total. The van der Waals surface area contributed by atoms with E-state index in [1.165, 1.54) is 6.07 Å². The van der Waals surface area contributed by atoms with E-state index in [2.05, 4.69) is 0 Å². The third kappa shape index (κ3) is 3.03. The lowest BCUT2D eigenvalue weighted by Crippen LogP contribution is -2.09. The Morgan fingerprint density at radius 3 is 2.33 bits per heavy atom. The molecule has 2 aromatic carbocycles. The van der Waals surface area contributed by atoms with Crippen molar-refractivity contribution in [2.24, 2.45) is 0 Å². The van der Waals surface area contributed by atoms with Crippen molar-refractivity contribution in [1.82, 2.24) is 0 Å². The predicted molar refractivity (Wildman–Crippen MR) is 72.6 cm³/mol. The SMILES string of the molecule is Cc1ccc(OC(=O)c2ccc(Cl)cc2Cl)cc1. The molecule has 92 valence electrons. The summed E-state index contributed by atoms with van der Waals surface area (Å²) in [6.45, 7) is 1.96. The first kappa shape index (κ1) is 12.9. The molecule has 2 rings (SSSR count). The van der Waals surface area contributed by atoms with Gasteiger partial charge >= 0.3 is 5.97 Å². The van der Waals surface area contributed by atoms with E-state index in [4.69, 9.17) is 27.9 Å². The van der Waals surface area contributed by atoms with E-state index in [9.17, 15) is 4.79 Å². The zero-order valence-corrected chi connectivity index (χ0v) is 11.1. The van der Waals surface area contributed by atoms with Gasteiger partial charge in [0.1, 0.15) is 5.75 Å². The van der Waals surface area contributed by atoms with Gasteiger partial charge in [-0.2, -0.15) is 0 Å². The molecule has 18 heavy (non-hydrogen) atoms. The molecule has 2 nitrogen and oxygen atoms in total. The molecule has 0 spiro atoms. The van der Waals surface area contributed by atoms with Crippen molar-refractivity contribution < 1.29 is 9.53 Å². The van der Waals surface area contributed by atoms with Gasteiger partial charge in [0.05, 0.1) is 10.6 Å². The number of halogens is 2. The molecule has 0 bridgehead atoms. The Morgan fingerprint density at radius 2 is 1.72 bits per heavy atom. The summed E-state index contributed by atoms with van der Waals surface area (Å²) >= 11 is 11.7. The maximum atomic E-state index is 11.9. The quantitative estimate of drug-likeness (QED) is 0.597. The Labute approximate surface area is 115 Å². The van der Waals surface area contributed by atoms with Crippen LogP contribution in [-0.2, 0) is 0 Å². The zero-order chi connectivity index (χ0) is 13.1. The maximum Gasteiger partial charge on any atom is 0.345 e. The van der Waals surface area contributed by atoms with E-state index >= 15 is 0 Å². The molecule has 0 aromatic heterocycles. The minimum Gasteiger partial charge on any atom is -0.423 e. The number of hydrogen-bond donors (Lipinski definition) is 0. The van der Waals surface area contributed by atoms with Crippen LogP contribution < -0.4 is 4.74 Å². The largest absolute Gasteiger partial charge is 0.423 e. The molecular weight excluding hydrogens is 271 g/mol. The highest BCUT2D eigenvalue weighted by molar-refractivity contribution is 6.36. The van der Waals surface area contributed by atoms with Crippen LogP contribution in [0.3, 0.4) is 0 Å². The van der Waals surface area contributed by atoms with Gasteiger partial charge in [0, 0.05) is 5.02 Å². The van der Waals surface area contributed by atoms with Crippen LogP contribution in [0.1, 0.15) is 15.9 Å². The van der Waals surface area contributed by atoms with Crippen molar-refractivity contribution in [1.29, 1.82) is 0 Å². The topological polar surface area (TPSA) is 26.3 Å². The summed E-state index contributed by atoms with van der Waals surface area (Å²) < 4.78 is 5.21. The van der Waals surface area contributed by atoms with Crippen LogP contribution in [-0.4, -0.2) is 5.97 Å². The van der Waals surface area contributed by atoms with Crippen molar-refractivity contribution in [3.05, 3.63) is 63.6 Å². The minimum atomic E-state index is -0.500. The van der Waals surface area contributed by atoms with Gasteiger partial charge in [-0.05, 0) is 37.3 Å². The second-order valence-corrected chi connectivity index (χ2v) is 4.67. The molecule has 0 fully saturated rings. The van der Waals surface area contributed by atoms with Gasteiger partial charge in [0.15, 0.2) is 0 Å². The van der Waals surface area contributed by atoms with Gasteiger partial charge in [-0.25, -0.2) is 4.79 Å². The van der Waals surface area contributed by atoms with Gasteiger partial charge in [0.2, 0.25) is 0 Å². The minimum absolute atomic E-state index is 0.277. The summed E-state index contributed by atoms with van der Waals surface area (Å²) in [6.07, 6.45) is 0. The molecule has 0 saturated heterocycles. The Kier molecular flexibility index (Phi) is 3.90. The van der Waals surface area contributed by atoms with Crippen LogP contribution in [0.4, 0.5) is 0 Å². The van der Waals surface area contributed by atoms with Crippen molar-refractivity contribution in [3.8, 4) is 5.75 Å². The summed E-state index contributed by atoms with van der Waals surface area (Å²) in [4.78, 5) is 11.9. The number of carbonyl (C=O) groups is 1. The average molecular weight is 281 g/mol. The van der Waals surface area contributed by atoms with Gasteiger partial charge < -0.3 is 4.74 Å². The van der Waals surface area contributed by atoms with Crippen molar-refractivity contribution in [2.75, 3.05) is 0 Å². The van der Waals surface area contributed by atoms with Crippen molar-refractivity contribution >= 4 is 29.2 Å². The van der Waals surface area contributed by atoms with Gasteiger partial charge in [-0.3, -0.25) is 0 Å². The molecule has 0 saturated carbocycles. The standard InChI is InChI=1S/C14H10Cl2O2/c1-9-2-5-11(6-3-9)18-14(17)12-7-4-10(15)8-13(12)16/h2-8H,1H3. The number of aryl methyl sites for hydroxylation is 1. The number of benzene rings is 2. The maximum absolute atomic E-state index is 11.9. The monoisotopic (exact) mass is 280 g/mol. The molecule has 0 aliphatic rings. The van der Waals surface area contributed by atoms with E-state index in [1.54, 1.807) is 24.3 Å². The number of ether oxygens (including phenoxy) is 1. The second kappa shape index (κ2) is 5.42. The molecule has 2 aromatic rings. The molecule has 0 radical (unpaired) electrons. The van der Waals surface area contributed by atoms with E-state index in [0.29, 0.717) is 16.3 Å². The van der Waals surface area contributed by atoms with Gasteiger partial charge in [-0.1, -0.05) is 40.9 Å². The normalized spacial score (nSPS) is 10.2. The Balaban J connectivity index is 2.19. The molecular formula is C14H10Cl2O2. The zero-order valence-electron chi connectivity index (χ0n) is 9.61. The van der Waals surface area contributed by atoms with Crippen LogP contribution in [0.25, 0.3) is 0 Å². The van der Waals surface area contributed by atoms with E-state index in [-0.39, 0.29) is 5.02 Å². The number of hydrogen-bond acceptors (Lipinski definition) is 2. The highest BCUT2D eigenvalue weighted by Crippen LogP contribution is 2.22. The Hall–Kier alpha value is -1.51. The van der Waals surface area contributed by atoms with Gasteiger partial charge in [0.25, 0.3) is 0 Å². The Bertz CT molecular complexity index is 577. The molecule has 4 heteroatoms. The molecule has 0 atom stereocenters. The summed E-state index contributed by atoms with van der Waals surface area (Å²) in [7, 11) is 0. The lowest BCUT2D eigenvalue weighted by Gasteiger charge is -2.06. The summed E-state index contributed by atoms with van der Waals surface area (Å²) in [6, 6.07) is 11.8. The molecule has 0 aliphatic carbocycles. The number of carbonyl (C=O) groups excluding carboxylic acids is 1. The molecule has 0 unspecified atom stereocenters. The van der Waals surface area contributed by atoms with Crippen LogP contribution in [0, 0.1) is 6.92 Å². The summed E-state index contributed by atoms with van der Waals surface area (Å²) in [5, 5.41) is 0.756. The third-order valence-corrected chi connectivity index (χ3v) is 2.93. The fourth-order valence-corrected chi connectivity index (χ4v) is 1.91. The van der Waals surface area contributed by atoms with Crippen LogP contribution in [0.5, 0.6) is 5.75 Å². The predicted octanol–water partition coefficient (Wildman–Crippen LogP) is 4.52. The molecule has 0 amide bonds. The smallest absolute Gasteiger partial charge is 0.345 e. The summed E-state index contributed by atoms with van der Waals surface area (Å²) in [5.41, 5.74) is 1.39. The van der Waals surface area contributed by atoms with Gasteiger partial charge in [-0.15, -0.1) is 0 Å². The highest BCUT2D eigenvalue weighted by Gasteiger charge is 2.12.